The predicted molar refractivity (Wildman–Crippen MR) is 66.3 cm³/mol. The fraction of sp³-hybridized carbons (Fsp3) is 0.417. The molecule has 0 radical (unpaired) electrons. The topological polar surface area (TPSA) is 55.1 Å². The number of fused-ring (bicyclic) bond motifs is 1. The number of hydrogen-bond donors (Lipinski definition) is 2. The molecule has 2 atom stereocenters. The Morgan fingerprint density at radius 3 is 3.12 bits per heavy atom. The van der Waals surface area contributed by atoms with Gasteiger partial charge in [0, 0.05) is 10.6 Å². The summed E-state index contributed by atoms with van der Waals surface area (Å²) in [4.78, 5) is 12.2. The van der Waals surface area contributed by atoms with Crippen molar-refractivity contribution in [3.05, 3.63) is 29.6 Å². The Morgan fingerprint density at radius 1 is 1.65 bits per heavy atom. The number of benzene rings is 1. The first-order valence-corrected chi connectivity index (χ1v) is 6.55. The molecule has 17 heavy (non-hydrogen) atoms. The number of nitrogens with one attached hydrogen (secondary N) is 1. The fourth-order valence-corrected chi connectivity index (χ4v) is 2.98. The molecule has 0 saturated carbocycles. The third kappa shape index (κ3) is 2.61. The molecule has 92 valence electrons. The Balaban J connectivity index is 2.23. The first-order valence-electron chi connectivity index (χ1n) is 5.56. The molecule has 0 saturated heterocycles. The number of amides is 1. The standard InChI is InChI=1S/C12H15FN2OS/c1-7(14)12(16)15-10-5-6-17-11-8(10)3-2-4-9(11)13/h2-4,7,10H,5-6,14H2,1H3,(H,15,16)/t7-,10?/m1/s1. The first-order chi connectivity index (χ1) is 8.09. The summed E-state index contributed by atoms with van der Waals surface area (Å²) in [6, 6.07) is 4.31. The van der Waals surface area contributed by atoms with Crippen molar-refractivity contribution in [2.75, 3.05) is 5.75 Å². The molecular formula is C12H15FN2OS. The van der Waals surface area contributed by atoms with E-state index in [1.54, 1.807) is 13.0 Å². The van der Waals surface area contributed by atoms with E-state index in [2.05, 4.69) is 5.32 Å². The Morgan fingerprint density at radius 2 is 2.41 bits per heavy atom. The van der Waals surface area contributed by atoms with Gasteiger partial charge < -0.3 is 11.1 Å². The minimum Gasteiger partial charge on any atom is -0.348 e. The molecule has 0 spiro atoms. The molecule has 5 heteroatoms. The highest BCUT2D eigenvalue weighted by Crippen LogP contribution is 2.37. The Bertz CT molecular complexity index is 437. The van der Waals surface area contributed by atoms with E-state index in [-0.39, 0.29) is 17.8 Å². The molecule has 0 fully saturated rings. The van der Waals surface area contributed by atoms with E-state index < -0.39 is 6.04 Å². The lowest BCUT2D eigenvalue weighted by Crippen LogP contribution is -2.41. The van der Waals surface area contributed by atoms with Crippen LogP contribution in [0.15, 0.2) is 23.1 Å². The van der Waals surface area contributed by atoms with Crippen molar-refractivity contribution in [1.29, 1.82) is 0 Å². The Kier molecular flexibility index (Phi) is 3.69. The second-order valence-electron chi connectivity index (χ2n) is 4.15. The predicted octanol–water partition coefficient (Wildman–Crippen LogP) is 1.83. The first kappa shape index (κ1) is 12.4. The van der Waals surface area contributed by atoms with Gasteiger partial charge in [0.1, 0.15) is 5.82 Å². The highest BCUT2D eigenvalue weighted by atomic mass is 32.2. The fourth-order valence-electron chi connectivity index (χ4n) is 1.84. The third-order valence-corrected chi connectivity index (χ3v) is 3.92. The van der Waals surface area contributed by atoms with Gasteiger partial charge in [0.25, 0.3) is 0 Å². The lowest BCUT2D eigenvalue weighted by Gasteiger charge is -2.26. The molecule has 1 aromatic rings. The van der Waals surface area contributed by atoms with Gasteiger partial charge in [0.15, 0.2) is 0 Å². The summed E-state index contributed by atoms with van der Waals surface area (Å²) in [5.74, 6) is 0.391. The van der Waals surface area contributed by atoms with Gasteiger partial charge in [-0.05, 0) is 25.0 Å². The molecule has 1 heterocycles. The summed E-state index contributed by atoms with van der Waals surface area (Å²) in [5, 5.41) is 2.86. The number of carbonyl (C=O) groups is 1. The van der Waals surface area contributed by atoms with Gasteiger partial charge in [-0.25, -0.2) is 4.39 Å². The molecule has 1 unspecified atom stereocenters. The second-order valence-corrected chi connectivity index (χ2v) is 5.25. The van der Waals surface area contributed by atoms with Crippen LogP contribution in [-0.4, -0.2) is 17.7 Å². The number of carbonyl (C=O) groups excluding carboxylic acids is 1. The lowest BCUT2D eigenvalue weighted by atomic mass is 10.0. The SMILES string of the molecule is C[C@@H](N)C(=O)NC1CCSc2c(F)cccc21. The van der Waals surface area contributed by atoms with E-state index in [1.165, 1.54) is 17.8 Å². The molecule has 3 N–H and O–H groups in total. The van der Waals surface area contributed by atoms with Crippen LogP contribution in [0.25, 0.3) is 0 Å². The monoisotopic (exact) mass is 254 g/mol. The summed E-state index contributed by atoms with van der Waals surface area (Å²) < 4.78 is 13.6. The minimum absolute atomic E-state index is 0.125. The number of nitrogens with two attached hydrogens (primary N) is 1. The minimum atomic E-state index is -0.540. The maximum atomic E-state index is 13.6. The zero-order valence-corrected chi connectivity index (χ0v) is 10.4. The molecule has 0 aliphatic carbocycles. The smallest absolute Gasteiger partial charge is 0.237 e. The highest BCUT2D eigenvalue weighted by molar-refractivity contribution is 7.99. The number of thioether (sulfide) groups is 1. The third-order valence-electron chi connectivity index (χ3n) is 2.76. The van der Waals surface area contributed by atoms with Crippen molar-refractivity contribution in [2.24, 2.45) is 5.73 Å². The number of halogens is 1. The van der Waals surface area contributed by atoms with E-state index in [4.69, 9.17) is 5.73 Å². The lowest BCUT2D eigenvalue weighted by molar-refractivity contribution is -0.122. The van der Waals surface area contributed by atoms with Crippen LogP contribution in [0.3, 0.4) is 0 Å². The summed E-state index contributed by atoms with van der Waals surface area (Å²) in [7, 11) is 0. The second kappa shape index (κ2) is 5.06. The van der Waals surface area contributed by atoms with E-state index in [0.29, 0.717) is 4.90 Å². The van der Waals surface area contributed by atoms with Crippen LogP contribution in [0.5, 0.6) is 0 Å². The van der Waals surface area contributed by atoms with Crippen molar-refractivity contribution >= 4 is 17.7 Å². The van der Waals surface area contributed by atoms with Crippen molar-refractivity contribution in [2.45, 2.75) is 30.3 Å². The van der Waals surface area contributed by atoms with Gasteiger partial charge in [-0.1, -0.05) is 12.1 Å². The van der Waals surface area contributed by atoms with Crippen molar-refractivity contribution in [3.63, 3.8) is 0 Å². The summed E-state index contributed by atoms with van der Waals surface area (Å²) in [6.07, 6.45) is 0.805. The molecule has 2 rings (SSSR count). The van der Waals surface area contributed by atoms with Crippen LogP contribution in [-0.2, 0) is 4.79 Å². The van der Waals surface area contributed by atoms with Gasteiger partial charge in [0.2, 0.25) is 5.91 Å². The molecule has 3 nitrogen and oxygen atoms in total. The zero-order chi connectivity index (χ0) is 12.4. The van der Waals surface area contributed by atoms with Gasteiger partial charge in [0.05, 0.1) is 12.1 Å². The number of rotatable bonds is 2. The van der Waals surface area contributed by atoms with Crippen LogP contribution in [0.1, 0.15) is 24.9 Å². The van der Waals surface area contributed by atoms with Gasteiger partial charge in [-0.3, -0.25) is 4.79 Å². The van der Waals surface area contributed by atoms with Crippen molar-refractivity contribution < 1.29 is 9.18 Å². The largest absolute Gasteiger partial charge is 0.348 e. The van der Waals surface area contributed by atoms with Crippen LogP contribution in [0, 0.1) is 5.82 Å². The van der Waals surface area contributed by atoms with Crippen LogP contribution >= 0.6 is 11.8 Å². The zero-order valence-electron chi connectivity index (χ0n) is 9.57. The van der Waals surface area contributed by atoms with Crippen molar-refractivity contribution in [3.8, 4) is 0 Å². The molecule has 1 amide bonds. The molecule has 0 bridgehead atoms. The Hall–Kier alpha value is -1.07. The highest BCUT2D eigenvalue weighted by Gasteiger charge is 2.25. The van der Waals surface area contributed by atoms with Gasteiger partial charge >= 0.3 is 0 Å². The van der Waals surface area contributed by atoms with Gasteiger partial charge in [-0.15, -0.1) is 11.8 Å². The van der Waals surface area contributed by atoms with Gasteiger partial charge in [-0.2, -0.15) is 0 Å². The Labute approximate surface area is 104 Å². The molecule has 1 aliphatic heterocycles. The van der Waals surface area contributed by atoms with Crippen LogP contribution < -0.4 is 11.1 Å². The van der Waals surface area contributed by atoms with E-state index in [9.17, 15) is 9.18 Å². The molecule has 1 aliphatic rings. The van der Waals surface area contributed by atoms with Crippen LogP contribution in [0.2, 0.25) is 0 Å². The quantitative estimate of drug-likeness (QED) is 0.846. The van der Waals surface area contributed by atoms with E-state index >= 15 is 0 Å². The molecular weight excluding hydrogens is 239 g/mol. The van der Waals surface area contributed by atoms with Crippen LogP contribution in [0.4, 0.5) is 4.39 Å². The summed E-state index contributed by atoms with van der Waals surface area (Å²) in [6.45, 7) is 1.64. The molecule has 0 aromatic heterocycles. The normalized spacial score (nSPS) is 20.5. The molecule has 1 aromatic carbocycles. The maximum Gasteiger partial charge on any atom is 0.237 e. The maximum absolute atomic E-state index is 13.6. The average molecular weight is 254 g/mol. The number of hydrogen-bond acceptors (Lipinski definition) is 3. The van der Waals surface area contributed by atoms with Crippen molar-refractivity contribution in [1.82, 2.24) is 5.32 Å². The van der Waals surface area contributed by atoms with E-state index in [1.807, 2.05) is 6.07 Å². The summed E-state index contributed by atoms with van der Waals surface area (Å²) in [5.41, 5.74) is 6.37. The average Bonchev–Trinajstić information content (AvgIpc) is 2.30. The summed E-state index contributed by atoms with van der Waals surface area (Å²) >= 11 is 1.50. The van der Waals surface area contributed by atoms with E-state index in [0.717, 1.165) is 17.7 Å².